The summed E-state index contributed by atoms with van der Waals surface area (Å²) in [5.74, 6) is 0. The summed E-state index contributed by atoms with van der Waals surface area (Å²) in [4.78, 5) is 10.3. The molecule has 112 valence electrons. The van der Waals surface area contributed by atoms with Crippen molar-refractivity contribution in [2.75, 3.05) is 6.61 Å². The van der Waals surface area contributed by atoms with Gasteiger partial charge in [0.25, 0.3) is 0 Å². The van der Waals surface area contributed by atoms with Crippen LogP contribution in [0.5, 0.6) is 0 Å². The van der Waals surface area contributed by atoms with Crippen molar-refractivity contribution in [3.63, 3.8) is 0 Å². The van der Waals surface area contributed by atoms with Crippen molar-refractivity contribution in [1.29, 1.82) is 0 Å². The van der Waals surface area contributed by atoms with Crippen LogP contribution in [0.25, 0.3) is 0 Å². The van der Waals surface area contributed by atoms with E-state index < -0.39 is 7.75 Å². The van der Waals surface area contributed by atoms with Crippen molar-refractivity contribution in [2.24, 2.45) is 0 Å². The van der Waals surface area contributed by atoms with Crippen molar-refractivity contribution in [2.45, 2.75) is 83.2 Å². The summed E-state index contributed by atoms with van der Waals surface area (Å²) in [5.41, 5.74) is 0. The van der Waals surface area contributed by atoms with Gasteiger partial charge in [-0.2, -0.15) is 0 Å². The van der Waals surface area contributed by atoms with Gasteiger partial charge in [0.15, 0.2) is 0 Å². The van der Waals surface area contributed by atoms with Crippen molar-refractivity contribution in [3.05, 3.63) is 0 Å². The molecule has 0 spiro atoms. The van der Waals surface area contributed by atoms with E-state index in [9.17, 15) is 9.46 Å². The van der Waals surface area contributed by atoms with Crippen LogP contribution in [0.15, 0.2) is 0 Å². The zero-order valence-electron chi connectivity index (χ0n) is 12.1. The number of rotatable bonds is 5. The summed E-state index contributed by atoms with van der Waals surface area (Å²) in [7, 11) is -3.61. The Morgan fingerprint density at radius 3 is 1.79 bits per heavy atom. The summed E-state index contributed by atoms with van der Waals surface area (Å²) in [6, 6.07) is 0.499. The molecule has 0 amide bonds. The smallest absolute Gasteiger partial charge is 0.312 e. The van der Waals surface area contributed by atoms with E-state index >= 15 is 0 Å². The zero-order valence-corrected chi connectivity index (χ0v) is 13.0. The predicted octanol–water partition coefficient (Wildman–Crippen LogP) is 4.09. The normalized spacial score (nSPS) is 26.5. The summed E-state index contributed by atoms with van der Waals surface area (Å²) < 4.78 is 19.7. The Morgan fingerprint density at radius 1 is 1.00 bits per heavy atom. The van der Waals surface area contributed by atoms with Gasteiger partial charge in [0.1, 0.15) is 0 Å². The molecule has 0 aliphatic heterocycles. The molecule has 2 fully saturated rings. The number of hydrogen-bond donors (Lipinski definition) is 1. The fourth-order valence-corrected chi connectivity index (χ4v) is 5.39. The van der Waals surface area contributed by atoms with Crippen LogP contribution in [0.3, 0.4) is 0 Å². The molecule has 2 rings (SSSR count). The largest absolute Gasteiger partial charge is 0.406 e. The highest BCUT2D eigenvalue weighted by molar-refractivity contribution is 7.50. The van der Waals surface area contributed by atoms with Gasteiger partial charge in [0.05, 0.1) is 6.61 Å². The average Bonchev–Trinajstić information content (AvgIpc) is 2.41. The van der Waals surface area contributed by atoms with Crippen molar-refractivity contribution in [1.82, 2.24) is 4.67 Å². The van der Waals surface area contributed by atoms with Gasteiger partial charge < -0.3 is 4.89 Å². The highest BCUT2D eigenvalue weighted by Crippen LogP contribution is 2.53. The second kappa shape index (κ2) is 7.21. The highest BCUT2D eigenvalue weighted by atomic mass is 31.2. The lowest BCUT2D eigenvalue weighted by Gasteiger charge is -2.42. The lowest BCUT2D eigenvalue weighted by molar-refractivity contribution is 0.111. The Kier molecular flexibility index (Phi) is 5.88. The highest BCUT2D eigenvalue weighted by Gasteiger charge is 2.41. The quantitative estimate of drug-likeness (QED) is 0.774. The van der Waals surface area contributed by atoms with Gasteiger partial charge in [-0.05, 0) is 32.6 Å². The number of nitrogens with zero attached hydrogens (tertiary/aromatic N) is 1. The molecular weight excluding hydrogens is 261 g/mol. The van der Waals surface area contributed by atoms with E-state index in [1.807, 2.05) is 4.67 Å². The monoisotopic (exact) mass is 289 g/mol. The first-order valence-corrected chi connectivity index (χ1v) is 9.44. The predicted molar refractivity (Wildman–Crippen MR) is 77.0 cm³/mol. The Balaban J connectivity index is 2.13. The molecule has 19 heavy (non-hydrogen) atoms. The Bertz CT molecular complexity index is 294. The van der Waals surface area contributed by atoms with E-state index in [-0.39, 0.29) is 12.1 Å². The minimum absolute atomic E-state index is 0.249. The fourth-order valence-electron chi connectivity index (χ4n) is 3.64. The first-order chi connectivity index (χ1) is 9.15. The van der Waals surface area contributed by atoms with E-state index in [2.05, 4.69) is 0 Å². The third-order valence-corrected chi connectivity index (χ3v) is 6.32. The summed E-state index contributed by atoms with van der Waals surface area (Å²) in [6.45, 7) is 2.10. The molecule has 0 aromatic carbocycles. The van der Waals surface area contributed by atoms with Gasteiger partial charge in [-0.15, -0.1) is 0 Å². The molecule has 0 heterocycles. The average molecular weight is 289 g/mol. The lowest BCUT2D eigenvalue weighted by Crippen LogP contribution is -2.43. The molecule has 0 aromatic rings. The first kappa shape index (κ1) is 15.5. The van der Waals surface area contributed by atoms with Crippen LogP contribution < -0.4 is 0 Å². The molecular formula is C14H28NO3P. The van der Waals surface area contributed by atoms with Crippen molar-refractivity contribution >= 4 is 7.75 Å². The topological polar surface area (TPSA) is 49.8 Å². The Hall–Kier alpha value is 0.110. The van der Waals surface area contributed by atoms with Crippen LogP contribution in [0, 0.1) is 0 Å². The maximum absolute atomic E-state index is 12.6. The first-order valence-electron chi connectivity index (χ1n) is 7.91. The summed E-state index contributed by atoms with van der Waals surface area (Å²) in [6.07, 6.45) is 11.4. The van der Waals surface area contributed by atoms with Gasteiger partial charge in [-0.1, -0.05) is 38.5 Å². The molecule has 1 atom stereocenters. The van der Waals surface area contributed by atoms with Crippen LogP contribution in [0.4, 0.5) is 0 Å². The van der Waals surface area contributed by atoms with Crippen LogP contribution in [-0.4, -0.2) is 28.3 Å². The maximum Gasteiger partial charge on any atom is 0.406 e. The van der Waals surface area contributed by atoms with Crippen molar-refractivity contribution < 1.29 is 14.0 Å². The molecule has 1 unspecified atom stereocenters. The van der Waals surface area contributed by atoms with E-state index in [4.69, 9.17) is 4.52 Å². The molecule has 5 heteroatoms. The molecule has 4 nitrogen and oxygen atoms in total. The van der Waals surface area contributed by atoms with Crippen LogP contribution in [0.2, 0.25) is 0 Å². The van der Waals surface area contributed by atoms with Gasteiger partial charge in [-0.25, -0.2) is 9.24 Å². The summed E-state index contributed by atoms with van der Waals surface area (Å²) in [5, 5.41) is 0. The van der Waals surface area contributed by atoms with E-state index in [0.717, 1.165) is 25.7 Å². The van der Waals surface area contributed by atoms with Crippen molar-refractivity contribution in [3.8, 4) is 0 Å². The minimum atomic E-state index is -3.61. The van der Waals surface area contributed by atoms with Gasteiger partial charge in [-0.3, -0.25) is 4.52 Å². The van der Waals surface area contributed by atoms with Gasteiger partial charge >= 0.3 is 7.75 Å². The molecule has 0 bridgehead atoms. The van der Waals surface area contributed by atoms with Crippen LogP contribution in [-0.2, 0) is 9.09 Å². The van der Waals surface area contributed by atoms with Crippen LogP contribution >= 0.6 is 7.75 Å². The molecule has 1 N–H and O–H groups in total. The van der Waals surface area contributed by atoms with Crippen LogP contribution in [0.1, 0.15) is 71.1 Å². The molecule has 0 saturated heterocycles. The standard InChI is InChI=1S/C14H28NO3P/c1-2-18-19(16,17)15(13-9-5-3-6-10-13)14-11-7-4-8-12-14/h13-14H,2-12H2,1H3,(H,16,17). The van der Waals surface area contributed by atoms with Gasteiger partial charge in [0.2, 0.25) is 0 Å². The fraction of sp³-hybridized carbons (Fsp3) is 1.00. The Labute approximate surface area is 117 Å². The third kappa shape index (κ3) is 4.04. The minimum Gasteiger partial charge on any atom is -0.312 e. The molecule has 2 saturated carbocycles. The van der Waals surface area contributed by atoms with Gasteiger partial charge in [0, 0.05) is 12.1 Å². The second-order valence-electron chi connectivity index (χ2n) is 5.87. The zero-order chi connectivity index (χ0) is 13.7. The SMILES string of the molecule is CCOP(=O)(O)N(C1CCCCC1)C1CCCCC1. The van der Waals surface area contributed by atoms with E-state index in [0.29, 0.717) is 6.61 Å². The van der Waals surface area contributed by atoms with E-state index in [1.54, 1.807) is 6.92 Å². The number of hydrogen-bond acceptors (Lipinski definition) is 2. The molecule has 2 aliphatic rings. The molecule has 0 aromatic heterocycles. The third-order valence-electron chi connectivity index (χ3n) is 4.49. The molecule has 0 radical (unpaired) electrons. The maximum atomic E-state index is 12.6. The second-order valence-corrected chi connectivity index (χ2v) is 7.57. The van der Waals surface area contributed by atoms with E-state index in [1.165, 1.54) is 38.5 Å². The molecule has 2 aliphatic carbocycles. The summed E-state index contributed by atoms with van der Waals surface area (Å²) >= 11 is 0. The Morgan fingerprint density at radius 2 is 1.42 bits per heavy atom. The lowest BCUT2D eigenvalue weighted by atomic mass is 9.91.